The van der Waals surface area contributed by atoms with E-state index in [4.69, 9.17) is 4.74 Å². The molecule has 0 saturated carbocycles. The van der Waals surface area contributed by atoms with Crippen molar-refractivity contribution in [1.29, 1.82) is 0 Å². The van der Waals surface area contributed by atoms with Gasteiger partial charge in [-0.3, -0.25) is 9.69 Å². The topological polar surface area (TPSA) is 79.0 Å². The summed E-state index contributed by atoms with van der Waals surface area (Å²) < 4.78 is 71.2. The predicted molar refractivity (Wildman–Crippen MR) is 144 cm³/mol. The quantitative estimate of drug-likeness (QED) is 0.427. The Labute approximate surface area is 226 Å². The summed E-state index contributed by atoms with van der Waals surface area (Å²) >= 11 is 0. The van der Waals surface area contributed by atoms with E-state index >= 15 is 0 Å². The number of hydrogen-bond donors (Lipinski definition) is 1. The van der Waals surface area contributed by atoms with E-state index in [1.165, 1.54) is 12.1 Å². The van der Waals surface area contributed by atoms with Gasteiger partial charge in [0.15, 0.2) is 0 Å². The van der Waals surface area contributed by atoms with Crippen molar-refractivity contribution in [3.05, 3.63) is 83.4 Å². The normalized spacial score (nSPS) is 14.7. The fourth-order valence-electron chi connectivity index (χ4n) is 4.52. The minimum Gasteiger partial charge on any atom is -0.494 e. The lowest BCUT2D eigenvalue weighted by Crippen LogP contribution is -2.46. The van der Waals surface area contributed by atoms with Crippen LogP contribution >= 0.6 is 0 Å². The Morgan fingerprint density at radius 1 is 0.949 bits per heavy atom. The third-order valence-corrected chi connectivity index (χ3v) is 6.91. The monoisotopic (exact) mass is 561 g/mol. The van der Waals surface area contributed by atoms with Crippen molar-refractivity contribution in [2.45, 2.75) is 19.6 Å². The van der Waals surface area contributed by atoms with Gasteiger partial charge in [-0.2, -0.15) is 13.2 Å². The van der Waals surface area contributed by atoms with Gasteiger partial charge in [0.25, 0.3) is 5.91 Å². The Bertz CT molecular complexity index is 1420. The molecule has 3 aromatic rings. The molecular formula is C28H30F3N3O4S. The summed E-state index contributed by atoms with van der Waals surface area (Å²) in [5.41, 5.74) is 2.15. The maximum absolute atomic E-state index is 13.7. The zero-order valence-electron chi connectivity index (χ0n) is 21.7. The van der Waals surface area contributed by atoms with Gasteiger partial charge < -0.3 is 9.64 Å². The van der Waals surface area contributed by atoms with Crippen LogP contribution in [0.1, 0.15) is 28.4 Å². The lowest BCUT2D eigenvalue weighted by molar-refractivity contribution is -0.137. The molecular weight excluding hydrogens is 531 g/mol. The Balaban J connectivity index is 1.44. The van der Waals surface area contributed by atoms with Crippen molar-refractivity contribution in [3.63, 3.8) is 0 Å². The SMILES string of the molecule is CCOc1cccc(-c2cc(CN3CCN(c4ccc(C(=O)NS(C)(=O)=O)cc4)CC3)cc(C(F)(F)F)c2)c1. The van der Waals surface area contributed by atoms with Crippen molar-refractivity contribution >= 4 is 21.6 Å². The Morgan fingerprint density at radius 3 is 2.26 bits per heavy atom. The number of benzene rings is 3. The fourth-order valence-corrected chi connectivity index (χ4v) is 4.97. The lowest BCUT2D eigenvalue weighted by Gasteiger charge is -2.36. The van der Waals surface area contributed by atoms with Gasteiger partial charge in [0.1, 0.15) is 5.75 Å². The van der Waals surface area contributed by atoms with E-state index in [0.717, 1.165) is 11.9 Å². The van der Waals surface area contributed by atoms with Crippen molar-refractivity contribution in [1.82, 2.24) is 9.62 Å². The van der Waals surface area contributed by atoms with Crippen molar-refractivity contribution in [2.24, 2.45) is 0 Å². The number of carbonyl (C=O) groups excluding carboxylic acids is 1. The molecule has 1 aliphatic rings. The molecule has 11 heteroatoms. The first-order valence-electron chi connectivity index (χ1n) is 12.4. The summed E-state index contributed by atoms with van der Waals surface area (Å²) in [6.45, 7) is 5.27. The molecule has 1 saturated heterocycles. The van der Waals surface area contributed by atoms with E-state index in [9.17, 15) is 26.4 Å². The number of ether oxygens (including phenoxy) is 1. The fraction of sp³-hybridized carbons (Fsp3) is 0.321. The molecule has 1 amide bonds. The summed E-state index contributed by atoms with van der Waals surface area (Å²) in [6.07, 6.45) is -3.55. The van der Waals surface area contributed by atoms with Crippen LogP contribution < -0.4 is 14.4 Å². The summed E-state index contributed by atoms with van der Waals surface area (Å²) in [5.74, 6) is -0.0897. The van der Waals surface area contributed by atoms with Crippen molar-refractivity contribution in [3.8, 4) is 16.9 Å². The predicted octanol–water partition coefficient (Wildman–Crippen LogP) is 4.78. The largest absolute Gasteiger partial charge is 0.494 e. The molecule has 0 spiro atoms. The molecule has 39 heavy (non-hydrogen) atoms. The van der Waals surface area contributed by atoms with Gasteiger partial charge in [-0.25, -0.2) is 13.1 Å². The number of alkyl halides is 3. The maximum atomic E-state index is 13.7. The molecule has 3 aromatic carbocycles. The highest BCUT2D eigenvalue weighted by Crippen LogP contribution is 2.35. The first kappa shape index (κ1) is 28.4. The number of piperazine rings is 1. The zero-order valence-corrected chi connectivity index (χ0v) is 22.5. The third kappa shape index (κ3) is 7.73. The maximum Gasteiger partial charge on any atom is 0.416 e. The van der Waals surface area contributed by atoms with Gasteiger partial charge >= 0.3 is 6.18 Å². The van der Waals surface area contributed by atoms with E-state index in [1.54, 1.807) is 54.6 Å². The third-order valence-electron chi connectivity index (χ3n) is 6.35. The van der Waals surface area contributed by atoms with Gasteiger partial charge in [0.05, 0.1) is 18.4 Å². The number of amides is 1. The Morgan fingerprint density at radius 2 is 1.64 bits per heavy atom. The van der Waals surface area contributed by atoms with Crippen LogP contribution in [0.2, 0.25) is 0 Å². The smallest absolute Gasteiger partial charge is 0.416 e. The highest BCUT2D eigenvalue weighted by Gasteiger charge is 2.31. The number of anilines is 1. The highest BCUT2D eigenvalue weighted by atomic mass is 32.2. The van der Waals surface area contributed by atoms with Crippen LogP contribution in [0.5, 0.6) is 5.75 Å². The summed E-state index contributed by atoms with van der Waals surface area (Å²) in [5, 5.41) is 0. The van der Waals surface area contributed by atoms with E-state index in [-0.39, 0.29) is 5.56 Å². The summed E-state index contributed by atoms with van der Waals surface area (Å²) in [7, 11) is -3.65. The second-order valence-corrected chi connectivity index (χ2v) is 11.1. The number of hydrogen-bond acceptors (Lipinski definition) is 6. The van der Waals surface area contributed by atoms with Crippen LogP contribution in [0, 0.1) is 0 Å². The highest BCUT2D eigenvalue weighted by molar-refractivity contribution is 7.89. The second-order valence-electron chi connectivity index (χ2n) is 9.39. The van der Waals surface area contributed by atoms with E-state index < -0.39 is 27.7 Å². The number of carbonyl (C=O) groups is 1. The van der Waals surface area contributed by atoms with E-state index in [2.05, 4.69) is 9.80 Å². The summed E-state index contributed by atoms with van der Waals surface area (Å²) in [6, 6.07) is 17.9. The zero-order chi connectivity index (χ0) is 28.2. The molecule has 0 atom stereocenters. The average molecular weight is 562 g/mol. The lowest BCUT2D eigenvalue weighted by atomic mass is 9.98. The molecule has 1 heterocycles. The first-order chi connectivity index (χ1) is 18.4. The van der Waals surface area contributed by atoms with E-state index in [0.29, 0.717) is 61.8 Å². The van der Waals surface area contributed by atoms with Gasteiger partial charge in [-0.15, -0.1) is 0 Å². The van der Waals surface area contributed by atoms with Gasteiger partial charge in [0.2, 0.25) is 10.0 Å². The van der Waals surface area contributed by atoms with Crippen LogP contribution in [0.4, 0.5) is 18.9 Å². The number of sulfonamides is 1. The number of nitrogens with one attached hydrogen (secondary N) is 1. The van der Waals surface area contributed by atoms with Crippen LogP contribution in [-0.2, 0) is 22.7 Å². The summed E-state index contributed by atoms with van der Waals surface area (Å²) in [4.78, 5) is 16.3. The standard InChI is InChI=1S/C28H30F3N3O4S/c1-3-38-26-6-4-5-22(18-26)23-15-20(16-24(17-23)28(29,30)31)19-33-11-13-34(14-12-33)25-9-7-21(8-10-25)27(35)32-39(2,36)37/h4-10,15-18H,3,11-14,19H2,1-2H3,(H,32,35). The molecule has 0 bridgehead atoms. The van der Waals surface area contributed by atoms with Crippen LogP contribution in [-0.4, -0.2) is 58.3 Å². The van der Waals surface area contributed by atoms with Crippen molar-refractivity contribution < 1.29 is 31.1 Å². The first-order valence-corrected chi connectivity index (χ1v) is 14.3. The Kier molecular flexibility index (Phi) is 8.51. The number of rotatable bonds is 8. The number of halogens is 3. The minimum atomic E-state index is -4.47. The molecule has 0 unspecified atom stereocenters. The van der Waals surface area contributed by atoms with Gasteiger partial charge in [-0.05, 0) is 78.2 Å². The molecule has 0 aromatic heterocycles. The van der Waals surface area contributed by atoms with Gasteiger partial charge in [0, 0.05) is 44.0 Å². The minimum absolute atomic E-state index is 0.231. The van der Waals surface area contributed by atoms with Crippen LogP contribution in [0.15, 0.2) is 66.7 Å². The molecule has 0 aliphatic carbocycles. The molecule has 1 N–H and O–H groups in total. The molecule has 7 nitrogen and oxygen atoms in total. The Hall–Kier alpha value is -3.57. The van der Waals surface area contributed by atoms with Crippen LogP contribution in [0.25, 0.3) is 11.1 Å². The molecule has 1 aliphatic heterocycles. The molecule has 0 radical (unpaired) electrons. The van der Waals surface area contributed by atoms with Crippen molar-refractivity contribution in [2.75, 3.05) is 43.9 Å². The number of nitrogens with zero attached hydrogens (tertiary/aromatic N) is 2. The molecule has 208 valence electrons. The average Bonchev–Trinajstić information content (AvgIpc) is 2.88. The van der Waals surface area contributed by atoms with Crippen LogP contribution in [0.3, 0.4) is 0 Å². The second kappa shape index (κ2) is 11.7. The molecule has 1 fully saturated rings. The molecule has 4 rings (SSSR count). The van der Waals surface area contributed by atoms with E-state index in [1.807, 2.05) is 11.6 Å². The van der Waals surface area contributed by atoms with Gasteiger partial charge in [-0.1, -0.05) is 12.1 Å².